The second-order valence-electron chi connectivity index (χ2n) is 9.36. The number of carbonyl (C=O) groups is 1. The van der Waals surface area contributed by atoms with E-state index in [1.165, 1.54) is 17.5 Å². The molecule has 6 rings (SSSR count). The molecule has 3 heterocycles. The molecule has 7 nitrogen and oxygen atoms in total. The van der Waals surface area contributed by atoms with Crippen molar-refractivity contribution >= 4 is 33.9 Å². The Balaban J connectivity index is 1.24. The SMILES string of the molecule is O=C(Cc1coc2cc3c(cc12)CCC3)Nc1ccc(N2CCOCC2)cc1N1CCOCC1. The summed E-state index contributed by atoms with van der Waals surface area (Å²) in [5.41, 5.74) is 7.66. The lowest BCUT2D eigenvalue weighted by molar-refractivity contribution is -0.115. The average molecular weight is 462 g/mol. The quantitative estimate of drug-likeness (QED) is 0.624. The summed E-state index contributed by atoms with van der Waals surface area (Å²) in [5, 5.41) is 4.25. The van der Waals surface area contributed by atoms with Crippen molar-refractivity contribution in [2.24, 2.45) is 0 Å². The molecule has 0 bridgehead atoms. The Kier molecular flexibility index (Phi) is 5.89. The van der Waals surface area contributed by atoms with Gasteiger partial charge in [-0.2, -0.15) is 0 Å². The van der Waals surface area contributed by atoms with E-state index in [0.717, 1.165) is 85.8 Å². The van der Waals surface area contributed by atoms with E-state index in [4.69, 9.17) is 13.9 Å². The number of carbonyl (C=O) groups excluding carboxylic acids is 1. The second kappa shape index (κ2) is 9.31. The monoisotopic (exact) mass is 461 g/mol. The van der Waals surface area contributed by atoms with Crippen LogP contribution in [0.5, 0.6) is 0 Å². The molecule has 1 aliphatic carbocycles. The largest absolute Gasteiger partial charge is 0.464 e. The van der Waals surface area contributed by atoms with Crippen LogP contribution in [0.15, 0.2) is 41.0 Å². The highest BCUT2D eigenvalue weighted by Gasteiger charge is 2.21. The van der Waals surface area contributed by atoms with Crippen LogP contribution in [0, 0.1) is 0 Å². The van der Waals surface area contributed by atoms with E-state index in [1.807, 2.05) is 6.07 Å². The molecule has 1 amide bonds. The Hall–Kier alpha value is -3.03. The first-order chi connectivity index (χ1) is 16.7. The van der Waals surface area contributed by atoms with Crippen molar-refractivity contribution in [3.05, 3.63) is 53.3 Å². The van der Waals surface area contributed by atoms with Crippen molar-refractivity contribution in [2.75, 3.05) is 67.7 Å². The minimum atomic E-state index is -0.0307. The number of rotatable bonds is 5. The Bertz CT molecular complexity index is 1190. The number of fused-ring (bicyclic) bond motifs is 2. The first kappa shape index (κ1) is 21.5. The molecule has 2 fully saturated rings. The molecule has 7 heteroatoms. The Labute approximate surface area is 199 Å². The average Bonchev–Trinajstić information content (AvgIpc) is 3.50. The van der Waals surface area contributed by atoms with Gasteiger partial charge in [-0.25, -0.2) is 0 Å². The van der Waals surface area contributed by atoms with Crippen molar-refractivity contribution in [3.8, 4) is 0 Å². The molecular weight excluding hydrogens is 430 g/mol. The zero-order valence-electron chi connectivity index (χ0n) is 19.5. The standard InChI is InChI=1S/C27H31N3O4/c31-27(16-21-18-34-26-15-20-3-1-2-19(20)14-23(21)26)28-24-5-4-22(29-6-10-32-11-7-29)17-25(24)30-8-12-33-13-9-30/h4-5,14-15,17-18H,1-3,6-13,16H2,(H,28,31). The van der Waals surface area contributed by atoms with Crippen molar-refractivity contribution in [2.45, 2.75) is 25.7 Å². The summed E-state index contributed by atoms with van der Waals surface area (Å²) in [7, 11) is 0. The molecule has 178 valence electrons. The van der Waals surface area contributed by atoms with Gasteiger partial charge in [-0.05, 0) is 60.7 Å². The minimum absolute atomic E-state index is 0.0307. The van der Waals surface area contributed by atoms with Gasteiger partial charge in [0.25, 0.3) is 0 Å². The first-order valence-corrected chi connectivity index (χ1v) is 12.4. The number of ether oxygens (including phenoxy) is 2. The van der Waals surface area contributed by atoms with Gasteiger partial charge in [0.15, 0.2) is 0 Å². The lowest BCUT2D eigenvalue weighted by Crippen LogP contribution is -2.38. The third kappa shape index (κ3) is 4.26. The van der Waals surface area contributed by atoms with Crippen molar-refractivity contribution < 1.29 is 18.7 Å². The maximum Gasteiger partial charge on any atom is 0.228 e. The number of morpholine rings is 2. The lowest BCUT2D eigenvalue weighted by Gasteiger charge is -2.33. The van der Waals surface area contributed by atoms with Crippen LogP contribution in [0.3, 0.4) is 0 Å². The topological polar surface area (TPSA) is 67.2 Å². The summed E-state index contributed by atoms with van der Waals surface area (Å²) in [5.74, 6) is -0.0307. The van der Waals surface area contributed by atoms with Gasteiger partial charge in [0.05, 0.1) is 50.5 Å². The normalized spacial score (nSPS) is 18.4. The zero-order valence-corrected chi connectivity index (χ0v) is 19.5. The molecule has 0 radical (unpaired) electrons. The number of nitrogens with zero attached hydrogens (tertiary/aromatic N) is 2. The van der Waals surface area contributed by atoms with E-state index in [2.05, 4.69) is 39.4 Å². The fraction of sp³-hybridized carbons (Fsp3) is 0.444. The van der Waals surface area contributed by atoms with Gasteiger partial charge in [0.2, 0.25) is 5.91 Å². The van der Waals surface area contributed by atoms with Crippen LogP contribution in [-0.2, 0) is 33.5 Å². The third-order valence-corrected chi connectivity index (χ3v) is 7.20. The summed E-state index contributed by atoms with van der Waals surface area (Å²) >= 11 is 0. The number of benzene rings is 2. The van der Waals surface area contributed by atoms with Crippen LogP contribution in [-0.4, -0.2) is 58.5 Å². The second-order valence-corrected chi connectivity index (χ2v) is 9.36. The maximum absolute atomic E-state index is 13.2. The van der Waals surface area contributed by atoms with E-state index in [9.17, 15) is 4.79 Å². The fourth-order valence-electron chi connectivity index (χ4n) is 5.36. The molecule has 0 spiro atoms. The van der Waals surface area contributed by atoms with E-state index in [1.54, 1.807) is 6.26 Å². The smallest absolute Gasteiger partial charge is 0.228 e. The first-order valence-electron chi connectivity index (χ1n) is 12.4. The number of aryl methyl sites for hydroxylation is 2. The molecule has 1 N–H and O–H groups in total. The van der Waals surface area contributed by atoms with Crippen molar-refractivity contribution in [3.63, 3.8) is 0 Å². The number of anilines is 3. The number of hydrogen-bond acceptors (Lipinski definition) is 6. The van der Waals surface area contributed by atoms with Gasteiger partial charge < -0.3 is 29.0 Å². The molecule has 3 aromatic rings. The summed E-state index contributed by atoms with van der Waals surface area (Å²) in [6, 6.07) is 10.7. The minimum Gasteiger partial charge on any atom is -0.464 e. The molecule has 0 atom stereocenters. The van der Waals surface area contributed by atoms with E-state index < -0.39 is 0 Å². The molecule has 2 aliphatic heterocycles. The molecular formula is C27H31N3O4. The molecule has 0 saturated carbocycles. The van der Waals surface area contributed by atoms with Crippen LogP contribution in [0.4, 0.5) is 17.1 Å². The number of furan rings is 1. The molecule has 2 aromatic carbocycles. The highest BCUT2D eigenvalue weighted by molar-refractivity contribution is 5.98. The van der Waals surface area contributed by atoms with Crippen LogP contribution in [0.25, 0.3) is 11.0 Å². The molecule has 1 aromatic heterocycles. The highest BCUT2D eigenvalue weighted by Crippen LogP contribution is 2.33. The van der Waals surface area contributed by atoms with Crippen molar-refractivity contribution in [1.29, 1.82) is 0 Å². The van der Waals surface area contributed by atoms with Crippen LogP contribution in [0.1, 0.15) is 23.1 Å². The van der Waals surface area contributed by atoms with Crippen LogP contribution >= 0.6 is 0 Å². The summed E-state index contributed by atoms with van der Waals surface area (Å²) in [6.45, 7) is 6.26. The predicted molar refractivity (Wildman–Crippen MR) is 133 cm³/mol. The van der Waals surface area contributed by atoms with Gasteiger partial charge in [-0.3, -0.25) is 4.79 Å². The number of amides is 1. The van der Waals surface area contributed by atoms with Gasteiger partial charge >= 0.3 is 0 Å². The highest BCUT2D eigenvalue weighted by atomic mass is 16.5. The van der Waals surface area contributed by atoms with Crippen LogP contribution in [0.2, 0.25) is 0 Å². The Morgan fingerprint density at radius 3 is 2.35 bits per heavy atom. The molecule has 34 heavy (non-hydrogen) atoms. The van der Waals surface area contributed by atoms with Gasteiger partial charge in [-0.15, -0.1) is 0 Å². The van der Waals surface area contributed by atoms with E-state index in [-0.39, 0.29) is 5.91 Å². The predicted octanol–water partition coefficient (Wildman–Crippen LogP) is 3.78. The summed E-state index contributed by atoms with van der Waals surface area (Å²) in [4.78, 5) is 17.8. The molecule has 2 saturated heterocycles. The summed E-state index contributed by atoms with van der Waals surface area (Å²) < 4.78 is 16.9. The van der Waals surface area contributed by atoms with Crippen molar-refractivity contribution in [1.82, 2.24) is 0 Å². The Morgan fingerprint density at radius 1 is 0.882 bits per heavy atom. The van der Waals surface area contributed by atoms with Gasteiger partial charge in [0, 0.05) is 42.8 Å². The van der Waals surface area contributed by atoms with Crippen LogP contribution < -0.4 is 15.1 Å². The fourth-order valence-corrected chi connectivity index (χ4v) is 5.36. The van der Waals surface area contributed by atoms with Gasteiger partial charge in [-0.1, -0.05) is 0 Å². The zero-order chi connectivity index (χ0) is 22.9. The maximum atomic E-state index is 13.2. The number of nitrogens with one attached hydrogen (secondary N) is 1. The van der Waals surface area contributed by atoms with Gasteiger partial charge in [0.1, 0.15) is 5.58 Å². The molecule has 0 unspecified atom stereocenters. The molecule has 3 aliphatic rings. The number of hydrogen-bond donors (Lipinski definition) is 1. The third-order valence-electron chi connectivity index (χ3n) is 7.20. The van der Waals surface area contributed by atoms with E-state index >= 15 is 0 Å². The summed E-state index contributed by atoms with van der Waals surface area (Å²) in [6.07, 6.45) is 5.46. The van der Waals surface area contributed by atoms with E-state index in [0.29, 0.717) is 19.6 Å². The lowest BCUT2D eigenvalue weighted by atomic mass is 10.0. The Morgan fingerprint density at radius 2 is 1.59 bits per heavy atom.